The lowest BCUT2D eigenvalue weighted by molar-refractivity contribution is -0.140. The molecule has 7 nitrogen and oxygen atoms in total. The van der Waals surface area contributed by atoms with Gasteiger partial charge in [-0.1, -0.05) is 12.1 Å². The first-order valence-corrected chi connectivity index (χ1v) is 6.68. The first kappa shape index (κ1) is 12.7. The van der Waals surface area contributed by atoms with Crippen molar-refractivity contribution in [3.05, 3.63) is 34.6 Å². The Balaban J connectivity index is 2.18. The lowest BCUT2D eigenvalue weighted by Crippen LogP contribution is -2.44. The molecule has 0 saturated carbocycles. The van der Waals surface area contributed by atoms with Crippen molar-refractivity contribution in [3.8, 4) is 0 Å². The fraction of sp³-hybridized carbons (Fsp3) is 0.250. The third kappa shape index (κ3) is 2.14. The van der Waals surface area contributed by atoms with E-state index in [1.165, 1.54) is 0 Å². The summed E-state index contributed by atoms with van der Waals surface area (Å²) in [7, 11) is 0. The van der Waals surface area contributed by atoms with Gasteiger partial charge in [0.15, 0.2) is 6.04 Å². The average molecular weight is 294 g/mol. The number of carbonyl (C=O) groups is 2. The van der Waals surface area contributed by atoms with Crippen molar-refractivity contribution in [2.24, 2.45) is 0 Å². The van der Waals surface area contributed by atoms with Gasteiger partial charge in [-0.15, -0.1) is 4.74 Å². The Morgan fingerprint density at radius 1 is 1.25 bits per heavy atom. The third-order valence-electron chi connectivity index (χ3n) is 3.05. The zero-order chi connectivity index (χ0) is 14.1. The third-order valence-corrected chi connectivity index (χ3v) is 3.71. The van der Waals surface area contributed by atoms with Crippen molar-refractivity contribution in [3.63, 3.8) is 0 Å². The second-order valence-electron chi connectivity index (χ2n) is 4.32. The summed E-state index contributed by atoms with van der Waals surface area (Å²) in [6.07, 6.45) is 0.352. The van der Waals surface area contributed by atoms with E-state index in [2.05, 4.69) is 5.32 Å². The number of nitrogens with zero attached hydrogens (tertiary/aromatic N) is 1. The van der Waals surface area contributed by atoms with E-state index in [1.54, 1.807) is 24.3 Å². The molecule has 1 unspecified atom stereocenters. The number of piperidine rings is 1. The highest BCUT2D eigenvalue weighted by atomic mass is 32.1. The summed E-state index contributed by atoms with van der Waals surface area (Å²) < 4.78 is 11.3. The highest BCUT2D eigenvalue weighted by Gasteiger charge is 2.31. The van der Waals surface area contributed by atoms with E-state index in [4.69, 9.17) is 8.69 Å². The van der Waals surface area contributed by atoms with Gasteiger partial charge in [0.25, 0.3) is 11.5 Å². The van der Waals surface area contributed by atoms with Gasteiger partial charge in [-0.05, 0) is 18.6 Å². The minimum absolute atomic E-state index is 0.151. The fourth-order valence-corrected chi connectivity index (χ4v) is 2.60. The molecule has 1 fully saturated rings. The van der Waals surface area contributed by atoms with Gasteiger partial charge in [0.2, 0.25) is 5.91 Å². The molecule has 2 aromatic rings. The van der Waals surface area contributed by atoms with Crippen LogP contribution in [0.5, 0.6) is 0 Å². The summed E-state index contributed by atoms with van der Waals surface area (Å²) >= 11 is 0.899. The summed E-state index contributed by atoms with van der Waals surface area (Å²) in [4.78, 5) is 35.3. The van der Waals surface area contributed by atoms with Crippen LogP contribution in [0.3, 0.4) is 0 Å². The van der Waals surface area contributed by atoms with Crippen LogP contribution in [0.25, 0.3) is 10.1 Å². The molecule has 2 heterocycles. The second kappa shape index (κ2) is 4.97. The largest absolute Gasteiger partial charge is 0.295 e. The van der Waals surface area contributed by atoms with E-state index in [0.717, 1.165) is 16.4 Å². The fourth-order valence-electron chi connectivity index (χ4n) is 2.05. The van der Waals surface area contributed by atoms with Crippen molar-refractivity contribution < 1.29 is 18.3 Å². The van der Waals surface area contributed by atoms with Crippen molar-refractivity contribution >= 4 is 33.5 Å². The number of fused-ring (bicyclic) bond motifs is 1. The highest BCUT2D eigenvalue weighted by Crippen LogP contribution is 2.19. The summed E-state index contributed by atoms with van der Waals surface area (Å²) in [6, 6.07) is 5.94. The van der Waals surface area contributed by atoms with Gasteiger partial charge >= 0.3 is 0 Å². The number of benzene rings is 1. The van der Waals surface area contributed by atoms with Crippen LogP contribution in [0.4, 0.5) is 0 Å². The summed E-state index contributed by atoms with van der Waals surface area (Å²) in [5.41, 5.74) is -0.472. The topological polar surface area (TPSA) is 94.4 Å². The average Bonchev–Trinajstić information content (AvgIpc) is 2.59. The van der Waals surface area contributed by atoms with Crippen LogP contribution in [0, 0.1) is 0 Å². The minimum Gasteiger partial charge on any atom is -0.295 e. The molecule has 1 atom stereocenters. The molecule has 0 spiro atoms. The Labute approximate surface area is 116 Å². The lowest BCUT2D eigenvalue weighted by Gasteiger charge is -2.19. The number of hydrogen-bond donors (Lipinski definition) is 1. The number of aromatic nitrogens is 1. The number of imide groups is 1. The molecule has 3 rings (SSSR count). The molecule has 8 heteroatoms. The number of rotatable bonds is 1. The predicted molar refractivity (Wildman–Crippen MR) is 69.7 cm³/mol. The molecule has 1 aliphatic rings. The van der Waals surface area contributed by atoms with Crippen LogP contribution in [0.15, 0.2) is 37.8 Å². The molecule has 2 amide bonds. The molecule has 1 N–H and O–H groups in total. The number of hydrogen-bond acceptors (Lipinski definition) is 6. The Kier molecular flexibility index (Phi) is 3.15. The maximum atomic E-state index is 12.4. The van der Waals surface area contributed by atoms with E-state index in [-0.39, 0.29) is 18.7 Å². The zero-order valence-corrected chi connectivity index (χ0v) is 11.0. The molecular weight excluding hydrogens is 284 g/mol. The summed E-state index contributed by atoms with van der Waals surface area (Å²) in [6.45, 7) is 0. The quantitative estimate of drug-likeness (QED) is 0.633. The normalized spacial score (nSPS) is 18.9. The molecule has 0 aliphatic carbocycles. The van der Waals surface area contributed by atoms with Crippen LogP contribution in [-0.2, 0) is 9.59 Å². The maximum absolute atomic E-state index is 12.4. The van der Waals surface area contributed by atoms with E-state index in [9.17, 15) is 14.4 Å². The van der Waals surface area contributed by atoms with Gasteiger partial charge in [0.05, 0.1) is 21.7 Å². The van der Waals surface area contributed by atoms with Gasteiger partial charge in [0, 0.05) is 6.42 Å². The number of carbonyl (C=O) groups excluding carboxylic acids is 2. The van der Waals surface area contributed by atoms with Crippen molar-refractivity contribution in [1.82, 2.24) is 10.1 Å². The predicted octanol–water partition coefficient (Wildman–Crippen LogP) is 1.35. The SMILES string of the molecule is O=C1CCC(n2oosc3ccccc3c2=O)C(=O)N1. The standard InChI is InChI=1S/C12H10N2O5S/c15-10-6-5-8(11(16)13-10)14-12(17)7-3-1-2-4-9(7)20-19-18-14/h1-4,8H,5-6H2,(H,13,15,16). The van der Waals surface area contributed by atoms with Crippen LogP contribution >= 0.6 is 11.6 Å². The Bertz CT molecular complexity index is 779. The molecule has 20 heavy (non-hydrogen) atoms. The van der Waals surface area contributed by atoms with Gasteiger partial charge < -0.3 is 0 Å². The van der Waals surface area contributed by atoms with Gasteiger partial charge in [0.1, 0.15) is 0 Å². The van der Waals surface area contributed by atoms with Crippen LogP contribution < -0.4 is 10.9 Å². The number of amides is 2. The van der Waals surface area contributed by atoms with E-state index in [1.807, 2.05) is 0 Å². The highest BCUT2D eigenvalue weighted by molar-refractivity contribution is 7.10. The van der Waals surface area contributed by atoms with Crippen LogP contribution in [-0.4, -0.2) is 16.6 Å². The summed E-state index contributed by atoms with van der Waals surface area (Å²) in [5.74, 6) is -0.924. The Hall–Kier alpha value is -2.35. The molecule has 104 valence electrons. The van der Waals surface area contributed by atoms with Crippen molar-refractivity contribution in [2.45, 2.75) is 18.9 Å². The Morgan fingerprint density at radius 3 is 2.85 bits per heavy atom. The van der Waals surface area contributed by atoms with Gasteiger partial charge in [-0.2, -0.15) is 4.68 Å². The smallest absolute Gasteiger partial charge is 0.292 e. The lowest BCUT2D eigenvalue weighted by atomic mass is 10.1. The summed E-state index contributed by atoms with van der Waals surface area (Å²) in [5, 5.41) is 2.57. The van der Waals surface area contributed by atoms with E-state index in [0.29, 0.717) is 10.1 Å². The van der Waals surface area contributed by atoms with Crippen LogP contribution in [0.2, 0.25) is 0 Å². The van der Waals surface area contributed by atoms with Gasteiger partial charge in [-0.3, -0.25) is 19.7 Å². The van der Waals surface area contributed by atoms with E-state index < -0.39 is 17.5 Å². The minimum atomic E-state index is -0.882. The zero-order valence-electron chi connectivity index (χ0n) is 10.2. The van der Waals surface area contributed by atoms with E-state index >= 15 is 0 Å². The molecule has 1 saturated heterocycles. The number of nitrogens with one attached hydrogen (secondary N) is 1. The Morgan fingerprint density at radius 2 is 2.05 bits per heavy atom. The monoisotopic (exact) mass is 294 g/mol. The van der Waals surface area contributed by atoms with Crippen LogP contribution in [0.1, 0.15) is 18.9 Å². The molecule has 1 aliphatic heterocycles. The molecule has 1 aromatic carbocycles. The first-order chi connectivity index (χ1) is 9.66. The molecule has 0 bridgehead atoms. The van der Waals surface area contributed by atoms with Crippen molar-refractivity contribution in [1.29, 1.82) is 0 Å². The van der Waals surface area contributed by atoms with Gasteiger partial charge in [-0.25, -0.2) is 4.01 Å². The van der Waals surface area contributed by atoms with Crippen molar-refractivity contribution in [2.75, 3.05) is 0 Å². The second-order valence-corrected chi connectivity index (χ2v) is 5.06. The molecule has 0 radical (unpaired) electrons. The first-order valence-electron chi connectivity index (χ1n) is 5.94. The molecule has 1 aromatic heterocycles. The maximum Gasteiger partial charge on any atom is 0.292 e. The molecular formula is C12H10N2O5S.